The van der Waals surface area contributed by atoms with Gasteiger partial charge in [-0.1, -0.05) is 48.4 Å². The Kier molecular flexibility index (Phi) is 4.98. The van der Waals surface area contributed by atoms with Crippen molar-refractivity contribution in [3.05, 3.63) is 70.4 Å². The number of carbonyl (C=O) groups excluding carboxylic acids is 2. The zero-order valence-electron chi connectivity index (χ0n) is 16.1. The van der Waals surface area contributed by atoms with Crippen LogP contribution in [-0.4, -0.2) is 29.8 Å². The number of likely N-dealkylation sites (tertiary alicyclic amines) is 1. The van der Waals surface area contributed by atoms with E-state index in [0.29, 0.717) is 27.9 Å². The summed E-state index contributed by atoms with van der Waals surface area (Å²) in [6, 6.07) is 14.6. The Balaban J connectivity index is 1.79. The predicted molar refractivity (Wildman–Crippen MR) is 112 cm³/mol. The van der Waals surface area contributed by atoms with E-state index in [-0.39, 0.29) is 11.8 Å². The minimum atomic E-state index is -0.273. The quantitative estimate of drug-likeness (QED) is 0.710. The van der Waals surface area contributed by atoms with Gasteiger partial charge < -0.3 is 4.90 Å². The van der Waals surface area contributed by atoms with Crippen molar-refractivity contribution in [2.24, 2.45) is 5.92 Å². The van der Waals surface area contributed by atoms with Crippen LogP contribution in [0.2, 0.25) is 5.02 Å². The molecule has 2 aromatic carbocycles. The fourth-order valence-electron chi connectivity index (χ4n) is 3.85. The molecule has 144 valence electrons. The number of benzene rings is 2. The number of rotatable bonds is 3. The molecule has 1 fully saturated rings. The van der Waals surface area contributed by atoms with E-state index in [0.717, 1.165) is 37.1 Å². The molecule has 2 aliphatic heterocycles. The number of imide groups is 1. The summed E-state index contributed by atoms with van der Waals surface area (Å²) in [6.45, 7) is 5.78. The molecule has 0 bridgehead atoms. The fraction of sp³-hybridized carbons (Fsp3) is 0.304. The normalized spacial score (nSPS) is 18.4. The first kappa shape index (κ1) is 18.8. The number of carbonyl (C=O) groups is 2. The van der Waals surface area contributed by atoms with E-state index in [4.69, 9.17) is 11.6 Å². The summed E-state index contributed by atoms with van der Waals surface area (Å²) in [5, 5.41) is 0.602. The number of halogens is 1. The maximum Gasteiger partial charge on any atom is 0.282 e. The lowest BCUT2D eigenvalue weighted by Crippen LogP contribution is -2.38. The monoisotopic (exact) mass is 394 g/mol. The lowest BCUT2D eigenvalue weighted by molar-refractivity contribution is -0.120. The minimum Gasteiger partial charge on any atom is -0.366 e. The summed E-state index contributed by atoms with van der Waals surface area (Å²) in [7, 11) is 0. The van der Waals surface area contributed by atoms with Crippen molar-refractivity contribution in [1.82, 2.24) is 4.90 Å². The van der Waals surface area contributed by atoms with Gasteiger partial charge in [0.15, 0.2) is 0 Å². The molecular formula is C23H23ClN2O2. The van der Waals surface area contributed by atoms with Crippen LogP contribution in [0.5, 0.6) is 0 Å². The molecule has 2 amide bonds. The maximum atomic E-state index is 13.4. The molecule has 0 radical (unpaired) electrons. The second-order valence-corrected chi connectivity index (χ2v) is 8.12. The van der Waals surface area contributed by atoms with Crippen LogP contribution >= 0.6 is 11.6 Å². The van der Waals surface area contributed by atoms with E-state index in [9.17, 15) is 9.59 Å². The largest absolute Gasteiger partial charge is 0.366 e. The molecule has 0 aromatic heterocycles. The first-order valence-corrected chi connectivity index (χ1v) is 10.0. The zero-order chi connectivity index (χ0) is 19.8. The first-order valence-electron chi connectivity index (χ1n) is 9.66. The van der Waals surface area contributed by atoms with E-state index in [1.165, 1.54) is 4.90 Å². The fourth-order valence-corrected chi connectivity index (χ4v) is 3.97. The lowest BCUT2D eigenvalue weighted by atomic mass is 9.97. The molecule has 5 heteroatoms. The molecule has 0 N–H and O–H groups in total. The molecule has 2 aliphatic rings. The highest BCUT2D eigenvalue weighted by molar-refractivity contribution is 6.45. The first-order chi connectivity index (χ1) is 13.5. The highest BCUT2D eigenvalue weighted by Crippen LogP contribution is 2.36. The van der Waals surface area contributed by atoms with Gasteiger partial charge in [-0.3, -0.25) is 9.59 Å². The Morgan fingerprint density at radius 1 is 0.893 bits per heavy atom. The predicted octanol–water partition coefficient (Wildman–Crippen LogP) is 4.66. The number of hydrogen-bond donors (Lipinski definition) is 0. The summed E-state index contributed by atoms with van der Waals surface area (Å²) in [4.78, 5) is 30.2. The van der Waals surface area contributed by atoms with Crippen molar-refractivity contribution in [3.63, 3.8) is 0 Å². The number of hydrogen-bond acceptors (Lipinski definition) is 3. The molecular weight excluding hydrogens is 372 g/mol. The highest BCUT2D eigenvalue weighted by atomic mass is 35.5. The van der Waals surface area contributed by atoms with Crippen LogP contribution in [-0.2, 0) is 9.59 Å². The SMILES string of the molecule is Cc1ccc(N2C(=O)C(c3ccc(Cl)cc3)=C(N3CCC(C)CC3)C2=O)cc1. The van der Waals surface area contributed by atoms with Crippen LogP contribution in [0, 0.1) is 12.8 Å². The van der Waals surface area contributed by atoms with E-state index in [2.05, 4.69) is 11.8 Å². The van der Waals surface area contributed by atoms with Gasteiger partial charge in [-0.25, -0.2) is 4.90 Å². The molecule has 4 nitrogen and oxygen atoms in total. The van der Waals surface area contributed by atoms with Crippen LogP contribution in [0.25, 0.3) is 5.57 Å². The Labute approximate surface area is 170 Å². The average Bonchev–Trinajstić information content (AvgIpc) is 2.94. The third kappa shape index (κ3) is 3.33. The van der Waals surface area contributed by atoms with Crippen molar-refractivity contribution in [1.29, 1.82) is 0 Å². The standard InChI is InChI=1S/C23H23ClN2O2/c1-15-3-9-19(10-4-15)26-22(27)20(17-5-7-18(24)8-6-17)21(23(26)28)25-13-11-16(2)12-14-25/h3-10,16H,11-14H2,1-2H3. The van der Waals surface area contributed by atoms with Gasteiger partial charge in [0, 0.05) is 18.1 Å². The minimum absolute atomic E-state index is 0.242. The summed E-state index contributed by atoms with van der Waals surface area (Å²) in [5.41, 5.74) is 3.40. The van der Waals surface area contributed by atoms with Crippen molar-refractivity contribution < 1.29 is 9.59 Å². The molecule has 2 aromatic rings. The van der Waals surface area contributed by atoms with E-state index in [1.807, 2.05) is 43.3 Å². The van der Waals surface area contributed by atoms with E-state index >= 15 is 0 Å². The molecule has 1 saturated heterocycles. The van der Waals surface area contributed by atoms with E-state index in [1.54, 1.807) is 12.1 Å². The molecule has 0 spiro atoms. The van der Waals surface area contributed by atoms with Gasteiger partial charge in [-0.05, 0) is 55.5 Å². The Morgan fingerprint density at radius 3 is 2.11 bits per heavy atom. The number of nitrogens with zero attached hydrogens (tertiary/aromatic N) is 2. The Bertz CT molecular complexity index is 940. The lowest BCUT2D eigenvalue weighted by Gasteiger charge is -2.32. The topological polar surface area (TPSA) is 40.6 Å². The van der Waals surface area contributed by atoms with Crippen molar-refractivity contribution in [2.75, 3.05) is 18.0 Å². The van der Waals surface area contributed by atoms with Crippen LogP contribution in [0.4, 0.5) is 5.69 Å². The molecule has 0 saturated carbocycles. The molecule has 0 unspecified atom stereocenters. The van der Waals surface area contributed by atoms with Gasteiger partial charge in [0.1, 0.15) is 5.70 Å². The number of anilines is 1. The smallest absolute Gasteiger partial charge is 0.282 e. The Hall–Kier alpha value is -2.59. The third-order valence-corrected chi connectivity index (χ3v) is 5.84. The molecule has 28 heavy (non-hydrogen) atoms. The van der Waals surface area contributed by atoms with Gasteiger partial charge in [0.25, 0.3) is 11.8 Å². The molecule has 4 rings (SSSR count). The number of piperidine rings is 1. The zero-order valence-corrected chi connectivity index (χ0v) is 16.9. The third-order valence-electron chi connectivity index (χ3n) is 5.58. The second kappa shape index (κ2) is 7.44. The molecule has 2 heterocycles. The van der Waals surface area contributed by atoms with Gasteiger partial charge in [-0.2, -0.15) is 0 Å². The Morgan fingerprint density at radius 2 is 1.50 bits per heavy atom. The van der Waals surface area contributed by atoms with Gasteiger partial charge >= 0.3 is 0 Å². The van der Waals surface area contributed by atoms with Crippen LogP contribution in [0.15, 0.2) is 54.2 Å². The average molecular weight is 395 g/mol. The molecule has 0 atom stereocenters. The number of amides is 2. The summed E-state index contributed by atoms with van der Waals surface area (Å²) in [5.74, 6) is 0.120. The highest BCUT2D eigenvalue weighted by Gasteiger charge is 2.42. The molecule has 0 aliphatic carbocycles. The van der Waals surface area contributed by atoms with Crippen LogP contribution in [0.3, 0.4) is 0 Å². The van der Waals surface area contributed by atoms with E-state index < -0.39 is 0 Å². The summed E-state index contributed by atoms with van der Waals surface area (Å²) < 4.78 is 0. The van der Waals surface area contributed by atoms with Crippen LogP contribution in [0.1, 0.15) is 30.9 Å². The van der Waals surface area contributed by atoms with Gasteiger partial charge in [0.05, 0.1) is 11.3 Å². The summed E-state index contributed by atoms with van der Waals surface area (Å²) in [6.07, 6.45) is 2.03. The summed E-state index contributed by atoms with van der Waals surface area (Å²) >= 11 is 6.04. The van der Waals surface area contributed by atoms with Crippen LogP contribution < -0.4 is 4.90 Å². The van der Waals surface area contributed by atoms with Gasteiger partial charge in [-0.15, -0.1) is 0 Å². The van der Waals surface area contributed by atoms with Crippen molar-refractivity contribution >= 4 is 34.7 Å². The number of aryl methyl sites for hydroxylation is 1. The van der Waals surface area contributed by atoms with Crippen molar-refractivity contribution in [2.45, 2.75) is 26.7 Å². The van der Waals surface area contributed by atoms with Gasteiger partial charge in [0.2, 0.25) is 0 Å². The van der Waals surface area contributed by atoms with Crippen molar-refractivity contribution in [3.8, 4) is 0 Å². The second-order valence-electron chi connectivity index (χ2n) is 7.68. The maximum absolute atomic E-state index is 13.4.